The van der Waals surface area contributed by atoms with Gasteiger partial charge in [-0.15, -0.1) is 0 Å². The van der Waals surface area contributed by atoms with Crippen molar-refractivity contribution in [3.63, 3.8) is 0 Å². The molecule has 0 unspecified atom stereocenters. The van der Waals surface area contributed by atoms with Crippen molar-refractivity contribution in [3.05, 3.63) is 34.6 Å². The lowest BCUT2D eigenvalue weighted by molar-refractivity contribution is 0.0954. The van der Waals surface area contributed by atoms with Crippen LogP contribution in [0.25, 0.3) is 0 Å². The summed E-state index contributed by atoms with van der Waals surface area (Å²) < 4.78 is 12.8. The maximum Gasteiger partial charge on any atom is 0.252 e. The average molecular weight is 259 g/mol. The van der Waals surface area contributed by atoms with E-state index in [1.54, 1.807) is 0 Å². The first-order valence-electron chi connectivity index (χ1n) is 5.47. The van der Waals surface area contributed by atoms with Crippen LogP contribution in [-0.2, 0) is 0 Å². The Balaban J connectivity index is 2.47. The molecular weight excluding hydrogens is 243 g/mol. The minimum Gasteiger partial charge on any atom is -0.351 e. The number of carbonyl (C=O) groups is 1. The third-order valence-corrected chi connectivity index (χ3v) is 2.45. The Morgan fingerprint density at radius 3 is 2.71 bits per heavy atom. The summed E-state index contributed by atoms with van der Waals surface area (Å²) in [5, 5.41) is 6.00. The van der Waals surface area contributed by atoms with Crippen LogP contribution >= 0.6 is 11.6 Å². The van der Waals surface area contributed by atoms with Crippen LogP contribution in [0.3, 0.4) is 0 Å². The van der Waals surface area contributed by atoms with Gasteiger partial charge in [0, 0.05) is 19.1 Å². The molecule has 0 aliphatic heterocycles. The monoisotopic (exact) mass is 258 g/mol. The minimum absolute atomic E-state index is 0.124. The molecule has 0 aromatic heterocycles. The number of hydrogen-bond donors (Lipinski definition) is 2. The van der Waals surface area contributed by atoms with Crippen LogP contribution in [0.4, 0.5) is 4.39 Å². The summed E-state index contributed by atoms with van der Waals surface area (Å²) in [4.78, 5) is 11.7. The Labute approximate surface area is 105 Å². The topological polar surface area (TPSA) is 41.1 Å². The van der Waals surface area contributed by atoms with Crippen molar-refractivity contribution >= 4 is 17.5 Å². The molecule has 2 N–H and O–H groups in total. The molecule has 0 saturated heterocycles. The molecule has 0 aliphatic carbocycles. The highest BCUT2D eigenvalue weighted by Crippen LogP contribution is 2.16. The van der Waals surface area contributed by atoms with Crippen molar-refractivity contribution in [2.75, 3.05) is 13.1 Å². The smallest absolute Gasteiger partial charge is 0.252 e. The third-order valence-electron chi connectivity index (χ3n) is 2.14. The highest BCUT2D eigenvalue weighted by Gasteiger charge is 2.10. The summed E-state index contributed by atoms with van der Waals surface area (Å²) in [5.74, 6) is -0.742. The zero-order chi connectivity index (χ0) is 12.8. The fourth-order valence-electron chi connectivity index (χ4n) is 1.31. The summed E-state index contributed by atoms with van der Waals surface area (Å²) in [6, 6.07) is 4.10. The van der Waals surface area contributed by atoms with Gasteiger partial charge >= 0.3 is 0 Å². The van der Waals surface area contributed by atoms with Gasteiger partial charge in [0.2, 0.25) is 0 Å². The van der Waals surface area contributed by atoms with E-state index in [0.29, 0.717) is 19.1 Å². The summed E-state index contributed by atoms with van der Waals surface area (Å²) >= 11 is 5.77. The maximum absolute atomic E-state index is 12.8. The van der Waals surface area contributed by atoms with Crippen LogP contribution in [0.5, 0.6) is 0 Å². The number of carbonyl (C=O) groups excluding carboxylic acids is 1. The Morgan fingerprint density at radius 1 is 1.41 bits per heavy atom. The third kappa shape index (κ3) is 4.71. The van der Waals surface area contributed by atoms with Crippen molar-refractivity contribution in [3.8, 4) is 0 Å². The molecule has 0 aliphatic rings. The first-order valence-corrected chi connectivity index (χ1v) is 5.85. The van der Waals surface area contributed by atoms with Gasteiger partial charge in [-0.2, -0.15) is 0 Å². The van der Waals surface area contributed by atoms with E-state index in [9.17, 15) is 9.18 Å². The van der Waals surface area contributed by atoms with Gasteiger partial charge in [-0.25, -0.2) is 4.39 Å². The number of benzene rings is 1. The zero-order valence-electron chi connectivity index (χ0n) is 9.89. The first-order chi connectivity index (χ1) is 8.00. The summed E-state index contributed by atoms with van der Waals surface area (Å²) in [6.07, 6.45) is 0. The van der Waals surface area contributed by atoms with Gasteiger partial charge in [0.05, 0.1) is 10.6 Å². The van der Waals surface area contributed by atoms with Crippen LogP contribution in [0.2, 0.25) is 5.02 Å². The van der Waals surface area contributed by atoms with Gasteiger partial charge in [0.15, 0.2) is 0 Å². The molecule has 0 bridgehead atoms. The number of halogens is 2. The second-order valence-corrected chi connectivity index (χ2v) is 4.40. The van der Waals surface area contributed by atoms with Crippen molar-refractivity contribution in [2.24, 2.45) is 0 Å². The SMILES string of the molecule is CC(C)NCCNC(=O)c1ccc(F)cc1Cl. The lowest BCUT2D eigenvalue weighted by Crippen LogP contribution is -2.34. The van der Waals surface area contributed by atoms with Crippen LogP contribution in [0.15, 0.2) is 18.2 Å². The summed E-state index contributed by atoms with van der Waals surface area (Å²) in [5.41, 5.74) is 0.289. The zero-order valence-corrected chi connectivity index (χ0v) is 10.6. The molecule has 94 valence electrons. The highest BCUT2D eigenvalue weighted by atomic mass is 35.5. The van der Waals surface area contributed by atoms with Gasteiger partial charge < -0.3 is 10.6 Å². The highest BCUT2D eigenvalue weighted by molar-refractivity contribution is 6.33. The maximum atomic E-state index is 12.8. The lowest BCUT2D eigenvalue weighted by atomic mass is 10.2. The van der Waals surface area contributed by atoms with Gasteiger partial charge in [0.25, 0.3) is 5.91 Å². The molecule has 0 saturated carbocycles. The van der Waals surface area contributed by atoms with Gasteiger partial charge in [0.1, 0.15) is 5.82 Å². The molecule has 0 spiro atoms. The van der Waals surface area contributed by atoms with Gasteiger partial charge in [-0.3, -0.25) is 4.79 Å². The van der Waals surface area contributed by atoms with Crippen LogP contribution in [-0.4, -0.2) is 25.0 Å². The van der Waals surface area contributed by atoms with E-state index in [-0.39, 0.29) is 16.5 Å². The molecule has 1 amide bonds. The number of amides is 1. The molecule has 1 rings (SSSR count). The molecule has 1 aromatic carbocycles. The van der Waals surface area contributed by atoms with Crippen molar-refractivity contribution in [1.29, 1.82) is 0 Å². The van der Waals surface area contributed by atoms with Crippen molar-refractivity contribution < 1.29 is 9.18 Å². The quantitative estimate of drug-likeness (QED) is 0.795. The van der Waals surface area contributed by atoms with Gasteiger partial charge in [-0.05, 0) is 18.2 Å². The molecule has 0 atom stereocenters. The molecule has 3 nitrogen and oxygen atoms in total. The van der Waals surface area contributed by atoms with E-state index in [1.807, 2.05) is 13.8 Å². The fourth-order valence-corrected chi connectivity index (χ4v) is 1.56. The summed E-state index contributed by atoms with van der Waals surface area (Å²) in [7, 11) is 0. The largest absolute Gasteiger partial charge is 0.351 e. The molecular formula is C12H16ClFN2O. The van der Waals surface area contributed by atoms with Crippen LogP contribution in [0, 0.1) is 5.82 Å². The summed E-state index contributed by atoms with van der Waals surface area (Å²) in [6.45, 7) is 5.24. The standard InChI is InChI=1S/C12H16ClFN2O/c1-8(2)15-5-6-16-12(17)10-4-3-9(14)7-11(10)13/h3-4,7-8,15H,5-6H2,1-2H3,(H,16,17). The first kappa shape index (κ1) is 13.9. The van der Waals surface area contributed by atoms with Crippen LogP contribution in [0.1, 0.15) is 24.2 Å². The van der Waals surface area contributed by atoms with Crippen molar-refractivity contribution in [2.45, 2.75) is 19.9 Å². The molecule has 0 heterocycles. The fraction of sp³-hybridized carbons (Fsp3) is 0.417. The predicted octanol–water partition coefficient (Wildman–Crippen LogP) is 2.21. The molecule has 0 radical (unpaired) electrons. The normalized spacial score (nSPS) is 10.6. The number of rotatable bonds is 5. The number of nitrogens with one attached hydrogen (secondary N) is 2. The lowest BCUT2D eigenvalue weighted by Gasteiger charge is -2.09. The second-order valence-electron chi connectivity index (χ2n) is 3.99. The Kier molecular flexibility index (Phi) is 5.38. The average Bonchev–Trinajstić information content (AvgIpc) is 2.23. The molecule has 1 aromatic rings. The Morgan fingerprint density at radius 2 is 2.12 bits per heavy atom. The molecule has 17 heavy (non-hydrogen) atoms. The van der Waals surface area contributed by atoms with Crippen molar-refractivity contribution in [1.82, 2.24) is 10.6 Å². The number of hydrogen-bond acceptors (Lipinski definition) is 2. The van der Waals surface area contributed by atoms with E-state index < -0.39 is 5.82 Å². The van der Waals surface area contributed by atoms with E-state index >= 15 is 0 Å². The van der Waals surface area contributed by atoms with E-state index in [0.717, 1.165) is 6.07 Å². The minimum atomic E-state index is -0.451. The Hall–Kier alpha value is -1.13. The van der Waals surface area contributed by atoms with E-state index in [4.69, 9.17) is 11.6 Å². The molecule has 0 fully saturated rings. The van der Waals surface area contributed by atoms with E-state index in [2.05, 4.69) is 10.6 Å². The predicted molar refractivity (Wildman–Crippen MR) is 66.9 cm³/mol. The van der Waals surface area contributed by atoms with Gasteiger partial charge in [-0.1, -0.05) is 25.4 Å². The Bertz CT molecular complexity index is 396. The second kappa shape index (κ2) is 6.57. The molecule has 5 heteroatoms. The van der Waals surface area contributed by atoms with E-state index in [1.165, 1.54) is 12.1 Å². The van der Waals surface area contributed by atoms with Crippen LogP contribution < -0.4 is 10.6 Å².